The molecule has 0 fully saturated rings. The van der Waals surface area contributed by atoms with Crippen LogP contribution >= 0.6 is 11.3 Å². The predicted molar refractivity (Wildman–Crippen MR) is 101 cm³/mol. The van der Waals surface area contributed by atoms with Crippen molar-refractivity contribution in [2.45, 2.75) is 47.0 Å². The highest BCUT2D eigenvalue weighted by Gasteiger charge is 2.33. The zero-order valence-corrected chi connectivity index (χ0v) is 16.0. The van der Waals surface area contributed by atoms with Crippen LogP contribution in [0.5, 0.6) is 0 Å². The third kappa shape index (κ3) is 3.66. The van der Waals surface area contributed by atoms with Crippen LogP contribution in [0.2, 0.25) is 0 Å². The summed E-state index contributed by atoms with van der Waals surface area (Å²) in [7, 11) is 0. The summed E-state index contributed by atoms with van der Waals surface area (Å²) in [6, 6.07) is 3.45. The lowest BCUT2D eigenvalue weighted by Gasteiger charge is -2.33. The standard InChI is InChI=1S/C20H24N2O2S/c1-12(23)17-15-8-7-14(20(2,3)4)10-16(15)25-19(17)22-18(24)13-6-5-9-21-11-13/h5-6,9,11,14H,7-8,10H2,1-4H3,(H,22,24). The van der Waals surface area contributed by atoms with Crippen molar-refractivity contribution < 1.29 is 9.59 Å². The number of nitrogens with one attached hydrogen (secondary N) is 1. The van der Waals surface area contributed by atoms with Gasteiger partial charge in [0.25, 0.3) is 5.91 Å². The number of carbonyl (C=O) groups excluding carboxylic acids is 2. The summed E-state index contributed by atoms with van der Waals surface area (Å²) in [5, 5.41) is 3.62. The van der Waals surface area contributed by atoms with Crippen molar-refractivity contribution >= 4 is 28.0 Å². The van der Waals surface area contributed by atoms with Gasteiger partial charge in [-0.1, -0.05) is 20.8 Å². The Hall–Kier alpha value is -2.01. The zero-order chi connectivity index (χ0) is 18.2. The Morgan fingerprint density at radius 3 is 2.68 bits per heavy atom. The normalized spacial score (nSPS) is 17.0. The number of thiophene rings is 1. The van der Waals surface area contributed by atoms with Gasteiger partial charge in [0.2, 0.25) is 0 Å². The van der Waals surface area contributed by atoms with Crippen molar-refractivity contribution in [2.24, 2.45) is 11.3 Å². The lowest BCUT2D eigenvalue weighted by Crippen LogP contribution is -2.26. The highest BCUT2D eigenvalue weighted by molar-refractivity contribution is 7.17. The molecule has 1 N–H and O–H groups in total. The topological polar surface area (TPSA) is 59.1 Å². The Morgan fingerprint density at radius 2 is 2.08 bits per heavy atom. The molecule has 2 aromatic rings. The molecule has 1 atom stereocenters. The fourth-order valence-electron chi connectivity index (χ4n) is 3.46. The summed E-state index contributed by atoms with van der Waals surface area (Å²) in [5.74, 6) is 0.398. The van der Waals surface area contributed by atoms with Crippen LogP contribution in [0.1, 0.15) is 65.3 Å². The number of nitrogens with zero attached hydrogens (tertiary/aromatic N) is 1. The minimum atomic E-state index is -0.221. The van der Waals surface area contributed by atoms with Gasteiger partial charge in [-0.05, 0) is 55.2 Å². The van der Waals surface area contributed by atoms with Gasteiger partial charge in [-0.3, -0.25) is 14.6 Å². The van der Waals surface area contributed by atoms with Gasteiger partial charge in [-0.15, -0.1) is 11.3 Å². The van der Waals surface area contributed by atoms with Gasteiger partial charge in [0, 0.05) is 17.3 Å². The molecule has 0 aliphatic heterocycles. The Bertz CT molecular complexity index is 803. The first-order chi connectivity index (χ1) is 11.8. The first kappa shape index (κ1) is 17.8. The number of carbonyl (C=O) groups is 2. The molecule has 0 spiro atoms. The quantitative estimate of drug-likeness (QED) is 0.808. The first-order valence-electron chi connectivity index (χ1n) is 8.64. The van der Waals surface area contributed by atoms with E-state index in [0.717, 1.165) is 24.8 Å². The van der Waals surface area contributed by atoms with Gasteiger partial charge in [0.05, 0.1) is 11.1 Å². The third-order valence-electron chi connectivity index (χ3n) is 4.99. The number of hydrogen-bond donors (Lipinski definition) is 1. The van der Waals surface area contributed by atoms with Crippen LogP contribution in [0.25, 0.3) is 0 Å². The van der Waals surface area contributed by atoms with E-state index in [0.29, 0.717) is 22.0 Å². The molecule has 1 aliphatic carbocycles. The molecule has 1 unspecified atom stereocenters. The molecule has 0 saturated heterocycles. The summed E-state index contributed by atoms with van der Waals surface area (Å²) in [4.78, 5) is 29.9. The fourth-order valence-corrected chi connectivity index (χ4v) is 4.83. The second-order valence-corrected chi connectivity index (χ2v) is 8.87. The van der Waals surface area contributed by atoms with Gasteiger partial charge in [-0.2, -0.15) is 0 Å². The smallest absolute Gasteiger partial charge is 0.257 e. The molecule has 0 radical (unpaired) electrons. The summed E-state index contributed by atoms with van der Waals surface area (Å²) in [6.07, 6.45) is 6.14. The molecule has 5 heteroatoms. The molecule has 2 aromatic heterocycles. The van der Waals surface area contributed by atoms with Gasteiger partial charge in [-0.25, -0.2) is 0 Å². The Morgan fingerprint density at radius 1 is 1.32 bits per heavy atom. The molecule has 1 aliphatic rings. The number of aromatic nitrogens is 1. The molecule has 0 saturated carbocycles. The van der Waals surface area contributed by atoms with E-state index in [4.69, 9.17) is 0 Å². The largest absolute Gasteiger partial charge is 0.313 e. The van der Waals surface area contributed by atoms with Crippen LogP contribution in [0.15, 0.2) is 24.5 Å². The number of ketones is 1. The summed E-state index contributed by atoms with van der Waals surface area (Å²) >= 11 is 1.56. The molecule has 25 heavy (non-hydrogen) atoms. The van der Waals surface area contributed by atoms with E-state index in [1.54, 1.807) is 36.6 Å². The highest BCUT2D eigenvalue weighted by atomic mass is 32.1. The molecule has 0 bridgehead atoms. The van der Waals surface area contributed by atoms with E-state index < -0.39 is 0 Å². The van der Waals surface area contributed by atoms with Gasteiger partial charge < -0.3 is 5.32 Å². The van der Waals surface area contributed by atoms with Crippen LogP contribution in [-0.2, 0) is 12.8 Å². The molecule has 0 aromatic carbocycles. The molecule has 4 nitrogen and oxygen atoms in total. The van der Waals surface area contributed by atoms with Crippen molar-refractivity contribution in [2.75, 3.05) is 5.32 Å². The van der Waals surface area contributed by atoms with Gasteiger partial charge >= 0.3 is 0 Å². The molecule has 2 heterocycles. The van der Waals surface area contributed by atoms with Crippen molar-refractivity contribution in [3.8, 4) is 0 Å². The maximum absolute atomic E-state index is 12.5. The number of hydrogen-bond acceptors (Lipinski definition) is 4. The van der Waals surface area contributed by atoms with Crippen molar-refractivity contribution in [3.63, 3.8) is 0 Å². The van der Waals surface area contributed by atoms with Crippen LogP contribution in [-0.4, -0.2) is 16.7 Å². The highest BCUT2D eigenvalue weighted by Crippen LogP contribution is 2.44. The number of amides is 1. The maximum atomic E-state index is 12.5. The van der Waals surface area contributed by atoms with Crippen molar-refractivity contribution in [1.29, 1.82) is 0 Å². The van der Waals surface area contributed by atoms with E-state index in [-0.39, 0.29) is 17.1 Å². The summed E-state index contributed by atoms with van der Waals surface area (Å²) in [6.45, 7) is 8.39. The summed E-state index contributed by atoms with van der Waals surface area (Å²) in [5.41, 5.74) is 2.58. The number of Topliss-reactive ketones (excluding diaryl/α,β-unsaturated/α-hetero) is 1. The summed E-state index contributed by atoms with van der Waals surface area (Å²) < 4.78 is 0. The minimum Gasteiger partial charge on any atom is -0.313 e. The Kier molecular flexibility index (Phi) is 4.78. The molecule has 3 rings (SSSR count). The Balaban J connectivity index is 1.92. The van der Waals surface area contributed by atoms with E-state index in [1.165, 1.54) is 11.1 Å². The van der Waals surface area contributed by atoms with Crippen LogP contribution in [0.4, 0.5) is 5.00 Å². The fraction of sp³-hybridized carbons (Fsp3) is 0.450. The van der Waals surface area contributed by atoms with Crippen LogP contribution in [0, 0.1) is 11.3 Å². The average Bonchev–Trinajstić information content (AvgIpc) is 2.91. The maximum Gasteiger partial charge on any atom is 0.257 e. The lowest BCUT2D eigenvalue weighted by molar-refractivity contribution is 0.101. The SMILES string of the molecule is CC(=O)c1c(NC(=O)c2cccnc2)sc2c1CCC(C(C)(C)C)C2. The minimum absolute atomic E-state index is 0.0215. The second kappa shape index (κ2) is 6.71. The van der Waals surface area contributed by atoms with Gasteiger partial charge in [0.1, 0.15) is 5.00 Å². The lowest BCUT2D eigenvalue weighted by atomic mass is 9.72. The first-order valence-corrected chi connectivity index (χ1v) is 9.46. The number of pyridine rings is 1. The zero-order valence-electron chi connectivity index (χ0n) is 15.2. The van der Waals surface area contributed by atoms with E-state index in [9.17, 15) is 9.59 Å². The average molecular weight is 356 g/mol. The van der Waals surface area contributed by atoms with Crippen LogP contribution in [0.3, 0.4) is 0 Å². The van der Waals surface area contributed by atoms with Crippen molar-refractivity contribution in [1.82, 2.24) is 4.98 Å². The molecular weight excluding hydrogens is 332 g/mol. The van der Waals surface area contributed by atoms with E-state index in [2.05, 4.69) is 31.1 Å². The second-order valence-electron chi connectivity index (χ2n) is 7.77. The van der Waals surface area contributed by atoms with Gasteiger partial charge in [0.15, 0.2) is 5.78 Å². The number of fused-ring (bicyclic) bond motifs is 1. The van der Waals surface area contributed by atoms with E-state index in [1.807, 2.05) is 0 Å². The predicted octanol–water partition coefficient (Wildman–Crippen LogP) is 4.75. The Labute approximate surface area is 152 Å². The number of anilines is 1. The number of rotatable bonds is 3. The van der Waals surface area contributed by atoms with Crippen molar-refractivity contribution in [3.05, 3.63) is 46.1 Å². The van der Waals surface area contributed by atoms with E-state index >= 15 is 0 Å². The molecule has 1 amide bonds. The van der Waals surface area contributed by atoms with Crippen LogP contribution < -0.4 is 5.32 Å². The third-order valence-corrected chi connectivity index (χ3v) is 6.16. The molecular formula is C20H24N2O2S. The monoisotopic (exact) mass is 356 g/mol. The molecule has 132 valence electrons.